The zero-order valence-corrected chi connectivity index (χ0v) is 12.1. The lowest BCUT2D eigenvalue weighted by Crippen LogP contribution is -1.92. The van der Waals surface area contributed by atoms with Crippen molar-refractivity contribution >= 4 is 39.8 Å². The summed E-state index contributed by atoms with van der Waals surface area (Å²) in [6.45, 7) is 0. The maximum atomic E-state index is 6.16. The molecule has 0 aliphatic rings. The number of ether oxygens (including phenoxy) is 1. The first-order valence-electron chi connectivity index (χ1n) is 5.87. The normalized spacial score (nSPS) is 10.9. The van der Waals surface area contributed by atoms with Crippen molar-refractivity contribution in [1.29, 1.82) is 0 Å². The Morgan fingerprint density at radius 3 is 2.80 bits per heavy atom. The van der Waals surface area contributed by atoms with Crippen LogP contribution in [0, 0.1) is 0 Å². The van der Waals surface area contributed by atoms with Crippen molar-refractivity contribution in [2.75, 3.05) is 12.8 Å². The van der Waals surface area contributed by atoms with Gasteiger partial charge in [-0.15, -0.1) is 0 Å². The number of nitrogen functional groups attached to an aromatic ring is 1. The molecule has 0 unspecified atom stereocenters. The van der Waals surface area contributed by atoms with E-state index in [1.807, 2.05) is 18.2 Å². The van der Waals surface area contributed by atoms with E-state index in [1.165, 1.54) is 0 Å². The topological polar surface area (TPSA) is 63.9 Å². The molecule has 0 bridgehead atoms. The van der Waals surface area contributed by atoms with Gasteiger partial charge in [0.05, 0.1) is 23.0 Å². The van der Waals surface area contributed by atoms with Gasteiger partial charge >= 0.3 is 0 Å². The van der Waals surface area contributed by atoms with Gasteiger partial charge in [0, 0.05) is 16.3 Å². The predicted molar refractivity (Wildman–Crippen MR) is 82.5 cm³/mol. The van der Waals surface area contributed by atoms with E-state index in [9.17, 15) is 0 Å². The molecule has 0 atom stereocenters. The van der Waals surface area contributed by atoms with E-state index < -0.39 is 0 Å². The molecule has 3 N–H and O–H groups in total. The van der Waals surface area contributed by atoms with Crippen molar-refractivity contribution < 1.29 is 4.74 Å². The molecular formula is C14H11Cl2N3O. The lowest BCUT2D eigenvalue weighted by Gasteiger charge is -2.10. The third-order valence-corrected chi connectivity index (χ3v) is 3.59. The minimum Gasteiger partial charge on any atom is -0.494 e. The molecule has 3 aromatic rings. The fourth-order valence-corrected chi connectivity index (χ4v) is 2.81. The number of benzene rings is 2. The summed E-state index contributed by atoms with van der Waals surface area (Å²) in [5, 5.41) is 9.03. The van der Waals surface area contributed by atoms with Crippen LogP contribution < -0.4 is 10.5 Å². The first kappa shape index (κ1) is 13.1. The second-order valence-corrected chi connectivity index (χ2v) is 5.15. The number of hydrogen-bond acceptors (Lipinski definition) is 3. The molecule has 0 saturated heterocycles. The van der Waals surface area contributed by atoms with Crippen LogP contribution in [-0.2, 0) is 0 Å². The molecule has 0 fully saturated rings. The smallest absolute Gasteiger partial charge is 0.147 e. The van der Waals surface area contributed by atoms with Crippen LogP contribution in [-0.4, -0.2) is 17.3 Å². The molecule has 1 aromatic heterocycles. The Balaban J connectivity index is 2.37. The lowest BCUT2D eigenvalue weighted by molar-refractivity contribution is 0.416. The van der Waals surface area contributed by atoms with Crippen LogP contribution >= 0.6 is 23.2 Å². The van der Waals surface area contributed by atoms with Gasteiger partial charge in [0.1, 0.15) is 11.4 Å². The summed E-state index contributed by atoms with van der Waals surface area (Å²) in [5.41, 5.74) is 8.88. The van der Waals surface area contributed by atoms with Gasteiger partial charge in [-0.05, 0) is 24.3 Å². The zero-order chi connectivity index (χ0) is 14.3. The van der Waals surface area contributed by atoms with Crippen LogP contribution in [0.1, 0.15) is 0 Å². The molecule has 0 aliphatic heterocycles. The summed E-state index contributed by atoms with van der Waals surface area (Å²) in [5.74, 6) is 0.521. The number of aromatic amines is 1. The van der Waals surface area contributed by atoms with Gasteiger partial charge in [0.25, 0.3) is 0 Å². The predicted octanol–water partition coefficient (Wildman–Crippen LogP) is 4.13. The fourth-order valence-electron chi connectivity index (χ4n) is 2.24. The number of H-pyrrole nitrogens is 1. The first-order valence-corrected chi connectivity index (χ1v) is 6.63. The largest absolute Gasteiger partial charge is 0.494 e. The molecule has 0 aliphatic carbocycles. The van der Waals surface area contributed by atoms with Gasteiger partial charge < -0.3 is 10.5 Å². The Labute approximate surface area is 125 Å². The Bertz CT molecular complexity index is 798. The van der Waals surface area contributed by atoms with Crippen molar-refractivity contribution in [2.24, 2.45) is 0 Å². The van der Waals surface area contributed by atoms with Crippen LogP contribution in [0.5, 0.6) is 5.75 Å². The van der Waals surface area contributed by atoms with E-state index in [0.29, 0.717) is 32.7 Å². The fraction of sp³-hybridized carbons (Fsp3) is 0.0714. The van der Waals surface area contributed by atoms with E-state index in [2.05, 4.69) is 10.2 Å². The molecule has 20 heavy (non-hydrogen) atoms. The molecule has 4 nitrogen and oxygen atoms in total. The molecule has 0 saturated carbocycles. The number of halogens is 2. The average molecular weight is 308 g/mol. The molecule has 3 rings (SSSR count). The highest BCUT2D eigenvalue weighted by molar-refractivity contribution is 6.36. The van der Waals surface area contributed by atoms with Crippen molar-refractivity contribution in [1.82, 2.24) is 10.2 Å². The summed E-state index contributed by atoms with van der Waals surface area (Å²) in [6.07, 6.45) is 0. The standard InChI is InChI=1S/C14H11Cl2N3O/c1-20-14-8(5-7(15)6-9(14)16)13-12-10(17)3-2-4-11(12)18-19-13/h2-6H,17H2,1H3,(H,18,19). The molecule has 102 valence electrons. The number of hydrogen-bond donors (Lipinski definition) is 2. The SMILES string of the molecule is COc1c(Cl)cc(Cl)cc1-c1n[nH]c2cccc(N)c12. The number of nitrogens with two attached hydrogens (primary N) is 1. The monoisotopic (exact) mass is 307 g/mol. The van der Waals surface area contributed by atoms with E-state index in [4.69, 9.17) is 33.7 Å². The maximum absolute atomic E-state index is 6.16. The first-order chi connectivity index (χ1) is 9.61. The molecule has 1 heterocycles. The highest BCUT2D eigenvalue weighted by Gasteiger charge is 2.18. The van der Waals surface area contributed by atoms with Crippen LogP contribution in [0.4, 0.5) is 5.69 Å². The van der Waals surface area contributed by atoms with E-state index in [-0.39, 0.29) is 0 Å². The average Bonchev–Trinajstić information content (AvgIpc) is 2.83. The summed E-state index contributed by atoms with van der Waals surface area (Å²) in [7, 11) is 1.55. The van der Waals surface area contributed by atoms with Crippen LogP contribution in [0.15, 0.2) is 30.3 Å². The Morgan fingerprint density at radius 1 is 1.25 bits per heavy atom. The summed E-state index contributed by atoms with van der Waals surface area (Å²) >= 11 is 12.2. The molecule has 2 aromatic carbocycles. The quantitative estimate of drug-likeness (QED) is 0.700. The van der Waals surface area contributed by atoms with Crippen molar-refractivity contribution in [3.8, 4) is 17.0 Å². The number of rotatable bonds is 2. The van der Waals surface area contributed by atoms with Crippen LogP contribution in [0.25, 0.3) is 22.2 Å². The van der Waals surface area contributed by atoms with Crippen molar-refractivity contribution in [3.05, 3.63) is 40.4 Å². The number of anilines is 1. The number of nitrogens with one attached hydrogen (secondary N) is 1. The lowest BCUT2D eigenvalue weighted by atomic mass is 10.1. The van der Waals surface area contributed by atoms with Gasteiger partial charge in [0.2, 0.25) is 0 Å². The van der Waals surface area contributed by atoms with Crippen LogP contribution in [0.2, 0.25) is 10.0 Å². The molecule has 6 heteroatoms. The molecular weight excluding hydrogens is 297 g/mol. The minimum atomic E-state index is 0.431. The highest BCUT2D eigenvalue weighted by atomic mass is 35.5. The summed E-state index contributed by atoms with van der Waals surface area (Å²) in [4.78, 5) is 0. The number of aromatic nitrogens is 2. The Morgan fingerprint density at radius 2 is 2.05 bits per heavy atom. The van der Waals surface area contributed by atoms with Gasteiger partial charge in [-0.3, -0.25) is 5.10 Å². The molecule has 0 spiro atoms. The van der Waals surface area contributed by atoms with Gasteiger partial charge in [-0.25, -0.2) is 0 Å². The minimum absolute atomic E-state index is 0.431. The highest BCUT2D eigenvalue weighted by Crippen LogP contribution is 2.41. The maximum Gasteiger partial charge on any atom is 0.147 e. The van der Waals surface area contributed by atoms with Gasteiger partial charge in [-0.1, -0.05) is 29.3 Å². The molecule has 0 amide bonds. The number of fused-ring (bicyclic) bond motifs is 1. The second-order valence-electron chi connectivity index (χ2n) is 4.31. The van der Waals surface area contributed by atoms with E-state index >= 15 is 0 Å². The van der Waals surface area contributed by atoms with Gasteiger partial charge in [0.15, 0.2) is 0 Å². The van der Waals surface area contributed by atoms with E-state index in [1.54, 1.807) is 19.2 Å². The third kappa shape index (κ3) is 1.97. The third-order valence-electron chi connectivity index (χ3n) is 3.09. The van der Waals surface area contributed by atoms with Crippen molar-refractivity contribution in [3.63, 3.8) is 0 Å². The van der Waals surface area contributed by atoms with E-state index in [0.717, 1.165) is 10.9 Å². The summed E-state index contributed by atoms with van der Waals surface area (Å²) in [6, 6.07) is 8.97. The Hall–Kier alpha value is -1.91. The number of nitrogens with zero attached hydrogens (tertiary/aromatic N) is 1. The van der Waals surface area contributed by atoms with Gasteiger partial charge in [-0.2, -0.15) is 5.10 Å². The van der Waals surface area contributed by atoms with Crippen LogP contribution in [0.3, 0.4) is 0 Å². The number of methoxy groups -OCH3 is 1. The second kappa shape index (κ2) is 4.89. The van der Waals surface area contributed by atoms with Crippen molar-refractivity contribution in [2.45, 2.75) is 0 Å². The molecule has 0 radical (unpaired) electrons. The zero-order valence-electron chi connectivity index (χ0n) is 10.6. The Kier molecular flexibility index (Phi) is 3.20. The summed E-state index contributed by atoms with van der Waals surface area (Å²) < 4.78 is 5.36.